The highest BCUT2D eigenvalue weighted by Crippen LogP contribution is 2.37. The Morgan fingerprint density at radius 1 is 1.00 bits per heavy atom. The average molecular weight is 380 g/mol. The minimum absolute atomic E-state index is 0.0254. The van der Waals surface area contributed by atoms with Crippen molar-refractivity contribution < 1.29 is 9.59 Å². The van der Waals surface area contributed by atoms with Gasteiger partial charge in [-0.3, -0.25) is 9.59 Å². The quantitative estimate of drug-likeness (QED) is 0.859. The fourth-order valence-corrected chi connectivity index (χ4v) is 3.88. The SMILES string of the molecule is O=C(Nc1cccc(-c2nnnn2C2CC2)c1)C1CCN(C(=O)C2CC2)CC1. The van der Waals surface area contributed by atoms with Crippen LogP contribution in [0.2, 0.25) is 0 Å². The van der Waals surface area contributed by atoms with Crippen molar-refractivity contribution in [3.8, 4) is 11.4 Å². The second-order valence-electron chi connectivity index (χ2n) is 8.12. The van der Waals surface area contributed by atoms with Crippen LogP contribution in [0.15, 0.2) is 24.3 Å². The number of rotatable bonds is 5. The molecule has 2 aromatic rings. The summed E-state index contributed by atoms with van der Waals surface area (Å²) in [4.78, 5) is 26.8. The number of carbonyl (C=O) groups is 2. The third-order valence-electron chi connectivity index (χ3n) is 5.88. The van der Waals surface area contributed by atoms with Gasteiger partial charge in [0.2, 0.25) is 11.8 Å². The highest BCUT2D eigenvalue weighted by atomic mass is 16.2. The third-order valence-corrected chi connectivity index (χ3v) is 5.88. The van der Waals surface area contributed by atoms with E-state index in [1.807, 2.05) is 33.8 Å². The summed E-state index contributed by atoms with van der Waals surface area (Å²) in [6.07, 6.45) is 5.72. The molecule has 1 aromatic carbocycles. The number of piperidine rings is 1. The van der Waals surface area contributed by atoms with Crippen molar-refractivity contribution in [3.05, 3.63) is 24.3 Å². The van der Waals surface area contributed by atoms with E-state index in [1.54, 1.807) is 0 Å². The molecule has 1 N–H and O–H groups in total. The second kappa shape index (κ2) is 7.00. The smallest absolute Gasteiger partial charge is 0.227 e. The first-order valence-corrected chi connectivity index (χ1v) is 10.2. The first kappa shape index (κ1) is 17.3. The number of amides is 2. The standard InChI is InChI=1S/C20H24N6O2/c27-19(13-8-10-25(11-9-13)20(28)14-4-5-14)21-16-3-1-2-15(12-16)18-22-23-24-26(18)17-6-7-17/h1-3,12-14,17H,4-11H2,(H,21,27). The van der Waals surface area contributed by atoms with Crippen molar-refractivity contribution in [1.82, 2.24) is 25.1 Å². The third kappa shape index (κ3) is 3.50. The van der Waals surface area contributed by atoms with Crippen LogP contribution in [0.5, 0.6) is 0 Å². The number of carbonyl (C=O) groups excluding carboxylic acids is 2. The fourth-order valence-electron chi connectivity index (χ4n) is 3.88. The predicted molar refractivity (Wildman–Crippen MR) is 102 cm³/mol. The van der Waals surface area contributed by atoms with Gasteiger partial charge in [0.1, 0.15) is 0 Å². The van der Waals surface area contributed by atoms with Gasteiger partial charge in [-0.15, -0.1) is 5.10 Å². The molecular formula is C20H24N6O2. The fraction of sp³-hybridized carbons (Fsp3) is 0.550. The van der Waals surface area contributed by atoms with E-state index in [1.165, 1.54) is 0 Å². The lowest BCUT2D eigenvalue weighted by molar-refractivity contribution is -0.135. The number of nitrogens with zero attached hydrogens (tertiary/aromatic N) is 5. The van der Waals surface area contributed by atoms with Gasteiger partial charge in [0.05, 0.1) is 6.04 Å². The van der Waals surface area contributed by atoms with E-state index in [0.29, 0.717) is 19.1 Å². The highest BCUT2D eigenvalue weighted by Gasteiger charge is 2.36. The summed E-state index contributed by atoms with van der Waals surface area (Å²) < 4.78 is 1.87. The lowest BCUT2D eigenvalue weighted by atomic mass is 9.95. The largest absolute Gasteiger partial charge is 0.342 e. The Labute approximate surface area is 163 Å². The van der Waals surface area contributed by atoms with Crippen LogP contribution in [-0.2, 0) is 9.59 Å². The monoisotopic (exact) mass is 380 g/mol. The zero-order valence-electron chi connectivity index (χ0n) is 15.8. The van der Waals surface area contributed by atoms with Gasteiger partial charge >= 0.3 is 0 Å². The van der Waals surface area contributed by atoms with Gasteiger partial charge in [0.25, 0.3) is 0 Å². The Balaban J connectivity index is 1.22. The molecule has 0 radical (unpaired) electrons. The maximum absolute atomic E-state index is 12.7. The normalized spacial score (nSPS) is 20.2. The van der Waals surface area contributed by atoms with E-state index >= 15 is 0 Å². The molecule has 1 saturated heterocycles. The predicted octanol–water partition coefficient (Wildman–Crippen LogP) is 2.26. The summed E-state index contributed by atoms with van der Waals surface area (Å²) in [7, 11) is 0. The van der Waals surface area contributed by atoms with E-state index in [0.717, 1.165) is 55.6 Å². The summed E-state index contributed by atoms with van der Waals surface area (Å²) in [6.45, 7) is 1.37. The van der Waals surface area contributed by atoms with E-state index in [4.69, 9.17) is 0 Å². The van der Waals surface area contributed by atoms with Crippen molar-refractivity contribution in [2.45, 2.75) is 44.6 Å². The molecule has 8 heteroatoms. The highest BCUT2D eigenvalue weighted by molar-refractivity contribution is 5.93. The van der Waals surface area contributed by atoms with Gasteiger partial charge in [-0.1, -0.05) is 12.1 Å². The minimum Gasteiger partial charge on any atom is -0.342 e. The number of likely N-dealkylation sites (tertiary alicyclic amines) is 1. The van der Waals surface area contributed by atoms with Gasteiger partial charge in [0.15, 0.2) is 5.82 Å². The second-order valence-corrected chi connectivity index (χ2v) is 8.12. The maximum atomic E-state index is 12.7. The number of aromatic nitrogens is 4. The first-order chi connectivity index (χ1) is 13.7. The van der Waals surface area contributed by atoms with E-state index in [9.17, 15) is 9.59 Å². The van der Waals surface area contributed by atoms with Crippen molar-refractivity contribution in [3.63, 3.8) is 0 Å². The molecule has 1 aromatic heterocycles. The molecule has 2 heterocycles. The van der Waals surface area contributed by atoms with Crippen LogP contribution in [0, 0.1) is 11.8 Å². The van der Waals surface area contributed by atoms with Crippen LogP contribution < -0.4 is 5.32 Å². The molecule has 0 atom stereocenters. The van der Waals surface area contributed by atoms with Crippen LogP contribution in [-0.4, -0.2) is 50.0 Å². The Bertz CT molecular complexity index is 894. The van der Waals surface area contributed by atoms with Gasteiger partial charge < -0.3 is 10.2 Å². The molecule has 146 valence electrons. The maximum Gasteiger partial charge on any atom is 0.227 e. The summed E-state index contributed by atoms with van der Waals surface area (Å²) >= 11 is 0. The van der Waals surface area contributed by atoms with Gasteiger partial charge in [-0.05, 0) is 61.1 Å². The van der Waals surface area contributed by atoms with Crippen LogP contribution in [0.25, 0.3) is 11.4 Å². The molecule has 8 nitrogen and oxygen atoms in total. The molecule has 2 saturated carbocycles. The Hall–Kier alpha value is -2.77. The number of nitrogens with one attached hydrogen (secondary N) is 1. The first-order valence-electron chi connectivity index (χ1n) is 10.2. The summed E-state index contributed by atoms with van der Waals surface area (Å²) in [5.41, 5.74) is 1.66. The van der Waals surface area contributed by atoms with Gasteiger partial charge in [-0.2, -0.15) is 0 Å². The number of hydrogen-bond acceptors (Lipinski definition) is 5. The average Bonchev–Trinajstić information content (AvgIpc) is 3.66. The number of hydrogen-bond donors (Lipinski definition) is 1. The molecule has 0 spiro atoms. The molecule has 2 amide bonds. The molecule has 3 aliphatic rings. The van der Waals surface area contributed by atoms with Crippen LogP contribution in [0.3, 0.4) is 0 Å². The zero-order valence-corrected chi connectivity index (χ0v) is 15.8. The van der Waals surface area contributed by atoms with Gasteiger partial charge in [0, 0.05) is 36.2 Å². The molecule has 5 rings (SSSR count). The van der Waals surface area contributed by atoms with E-state index in [2.05, 4.69) is 20.8 Å². The number of tetrazole rings is 1. The zero-order chi connectivity index (χ0) is 19.1. The molecule has 28 heavy (non-hydrogen) atoms. The molecule has 0 unspecified atom stereocenters. The van der Waals surface area contributed by atoms with E-state index in [-0.39, 0.29) is 23.7 Å². The Kier molecular flexibility index (Phi) is 4.33. The Morgan fingerprint density at radius 3 is 2.50 bits per heavy atom. The topological polar surface area (TPSA) is 93.0 Å². The molecule has 2 aliphatic carbocycles. The van der Waals surface area contributed by atoms with Crippen molar-refractivity contribution in [1.29, 1.82) is 0 Å². The van der Waals surface area contributed by atoms with Crippen molar-refractivity contribution in [2.75, 3.05) is 18.4 Å². The van der Waals surface area contributed by atoms with Crippen LogP contribution in [0.4, 0.5) is 5.69 Å². The molecule has 1 aliphatic heterocycles. The molecule has 3 fully saturated rings. The minimum atomic E-state index is -0.0521. The van der Waals surface area contributed by atoms with Crippen molar-refractivity contribution >= 4 is 17.5 Å². The number of anilines is 1. The van der Waals surface area contributed by atoms with E-state index < -0.39 is 0 Å². The molecular weight excluding hydrogens is 356 g/mol. The van der Waals surface area contributed by atoms with Crippen LogP contribution >= 0.6 is 0 Å². The summed E-state index contributed by atoms with van der Waals surface area (Å²) in [6, 6.07) is 8.08. The van der Waals surface area contributed by atoms with Crippen molar-refractivity contribution in [2.24, 2.45) is 11.8 Å². The summed E-state index contributed by atoms with van der Waals surface area (Å²) in [5, 5.41) is 15.1. The molecule has 0 bridgehead atoms. The van der Waals surface area contributed by atoms with Gasteiger partial charge in [-0.25, -0.2) is 4.68 Å². The summed E-state index contributed by atoms with van der Waals surface area (Å²) in [5.74, 6) is 1.24. The lowest BCUT2D eigenvalue weighted by Gasteiger charge is -2.31. The Morgan fingerprint density at radius 2 is 1.79 bits per heavy atom. The lowest BCUT2D eigenvalue weighted by Crippen LogP contribution is -2.42. The number of benzene rings is 1. The van der Waals surface area contributed by atoms with Crippen LogP contribution in [0.1, 0.15) is 44.6 Å².